The highest BCUT2D eigenvalue weighted by Crippen LogP contribution is 2.47. The van der Waals surface area contributed by atoms with Crippen LogP contribution in [0.4, 0.5) is 0 Å². The summed E-state index contributed by atoms with van der Waals surface area (Å²) in [6.07, 6.45) is 2.49. The molecule has 0 spiro atoms. The minimum absolute atomic E-state index is 0.105. The molecule has 1 nitrogen and oxygen atoms in total. The third kappa shape index (κ3) is 1.88. The van der Waals surface area contributed by atoms with Gasteiger partial charge in [-0.15, -0.1) is 0 Å². The van der Waals surface area contributed by atoms with Crippen molar-refractivity contribution < 1.29 is 0 Å². The van der Waals surface area contributed by atoms with Gasteiger partial charge in [0.25, 0.3) is 0 Å². The second-order valence-electron chi connectivity index (χ2n) is 6.71. The summed E-state index contributed by atoms with van der Waals surface area (Å²) in [6.45, 7) is 8.19. The number of hydrogen-bond acceptors (Lipinski definition) is 1. The Bertz CT molecular complexity index is 581. The molecule has 0 radical (unpaired) electrons. The number of hydrogen-bond donors (Lipinski definition) is 1. The second kappa shape index (κ2) is 4.35. The molecule has 1 atom stereocenters. The van der Waals surface area contributed by atoms with E-state index in [-0.39, 0.29) is 11.0 Å². The van der Waals surface area contributed by atoms with E-state index >= 15 is 0 Å². The molecule has 100 valence electrons. The molecule has 1 unspecified atom stereocenters. The van der Waals surface area contributed by atoms with Gasteiger partial charge >= 0.3 is 0 Å². The van der Waals surface area contributed by atoms with E-state index in [0.29, 0.717) is 0 Å². The molecule has 2 aromatic rings. The summed E-state index contributed by atoms with van der Waals surface area (Å²) in [5.74, 6) is 0. The van der Waals surface area contributed by atoms with E-state index in [4.69, 9.17) is 0 Å². The first-order valence-corrected chi connectivity index (χ1v) is 7.28. The van der Waals surface area contributed by atoms with E-state index in [1.165, 1.54) is 29.2 Å². The molecule has 0 aliphatic carbocycles. The highest BCUT2D eigenvalue weighted by molar-refractivity contribution is 5.86. The first kappa shape index (κ1) is 12.7. The molecule has 1 heterocycles. The van der Waals surface area contributed by atoms with Crippen LogP contribution in [0.5, 0.6) is 0 Å². The lowest BCUT2D eigenvalue weighted by molar-refractivity contribution is 0.162. The van der Waals surface area contributed by atoms with Gasteiger partial charge in [-0.25, -0.2) is 0 Å². The van der Waals surface area contributed by atoms with E-state index in [1.54, 1.807) is 0 Å². The van der Waals surface area contributed by atoms with E-state index in [2.05, 4.69) is 68.6 Å². The van der Waals surface area contributed by atoms with Crippen molar-refractivity contribution in [3.8, 4) is 0 Å². The number of benzene rings is 2. The van der Waals surface area contributed by atoms with Gasteiger partial charge in [-0.05, 0) is 41.1 Å². The van der Waals surface area contributed by atoms with Gasteiger partial charge in [0.1, 0.15) is 0 Å². The van der Waals surface area contributed by atoms with Crippen LogP contribution in [-0.4, -0.2) is 6.54 Å². The van der Waals surface area contributed by atoms with Crippen LogP contribution in [0.15, 0.2) is 42.5 Å². The van der Waals surface area contributed by atoms with Crippen molar-refractivity contribution >= 4 is 10.8 Å². The Kier molecular flexibility index (Phi) is 2.90. The minimum Gasteiger partial charge on any atom is -0.307 e. The van der Waals surface area contributed by atoms with Crippen LogP contribution in [-0.2, 0) is 5.54 Å². The van der Waals surface area contributed by atoms with Gasteiger partial charge in [-0.1, -0.05) is 63.2 Å². The number of nitrogens with one attached hydrogen (secondary N) is 1. The normalized spacial score (nSPS) is 23.9. The standard InChI is InChI=1S/C18H23N/c1-17(2,3)18(12-7-13-19-18)16-11-6-9-14-8-4-5-10-15(14)16/h4-6,8-11,19H,7,12-13H2,1-3H3. The molecular formula is C18H23N. The average molecular weight is 253 g/mol. The molecule has 0 bridgehead atoms. The molecule has 0 aromatic heterocycles. The fraction of sp³-hybridized carbons (Fsp3) is 0.444. The van der Waals surface area contributed by atoms with Crippen LogP contribution in [0, 0.1) is 5.41 Å². The minimum atomic E-state index is 0.105. The van der Waals surface area contributed by atoms with Crippen LogP contribution in [0.25, 0.3) is 10.8 Å². The van der Waals surface area contributed by atoms with Gasteiger partial charge in [0.05, 0.1) is 0 Å². The Morgan fingerprint density at radius 2 is 1.74 bits per heavy atom. The summed E-state index contributed by atoms with van der Waals surface area (Å²) in [5.41, 5.74) is 1.79. The lowest BCUT2D eigenvalue weighted by Gasteiger charge is -2.43. The molecule has 1 saturated heterocycles. The largest absolute Gasteiger partial charge is 0.307 e. The van der Waals surface area contributed by atoms with Gasteiger partial charge in [-0.2, -0.15) is 0 Å². The Morgan fingerprint density at radius 1 is 1.00 bits per heavy atom. The average Bonchev–Trinajstić information content (AvgIpc) is 2.88. The molecule has 19 heavy (non-hydrogen) atoms. The number of rotatable bonds is 1. The molecule has 1 heteroatoms. The predicted molar refractivity (Wildman–Crippen MR) is 82.3 cm³/mol. The fourth-order valence-corrected chi connectivity index (χ4v) is 3.62. The fourth-order valence-electron chi connectivity index (χ4n) is 3.62. The summed E-state index contributed by atoms with van der Waals surface area (Å²) in [5, 5.41) is 6.56. The molecular weight excluding hydrogens is 230 g/mol. The topological polar surface area (TPSA) is 12.0 Å². The summed E-state index contributed by atoms with van der Waals surface area (Å²) in [4.78, 5) is 0. The smallest absolute Gasteiger partial charge is 0.0490 e. The molecule has 0 amide bonds. The third-order valence-corrected chi connectivity index (χ3v) is 4.69. The zero-order valence-electron chi connectivity index (χ0n) is 12.2. The molecule has 1 fully saturated rings. The van der Waals surface area contributed by atoms with Crippen molar-refractivity contribution in [1.29, 1.82) is 0 Å². The molecule has 1 aliphatic rings. The van der Waals surface area contributed by atoms with Gasteiger partial charge in [-0.3, -0.25) is 0 Å². The molecule has 1 N–H and O–H groups in total. The van der Waals surface area contributed by atoms with Gasteiger partial charge in [0, 0.05) is 5.54 Å². The van der Waals surface area contributed by atoms with Crippen molar-refractivity contribution in [2.75, 3.05) is 6.54 Å². The predicted octanol–water partition coefficient (Wildman–Crippen LogP) is 4.46. The lowest BCUT2D eigenvalue weighted by Crippen LogP contribution is -2.48. The van der Waals surface area contributed by atoms with E-state index < -0.39 is 0 Å². The summed E-state index contributed by atoms with van der Waals surface area (Å²) in [7, 11) is 0. The maximum absolute atomic E-state index is 3.82. The van der Waals surface area contributed by atoms with E-state index in [9.17, 15) is 0 Å². The summed E-state index contributed by atoms with van der Waals surface area (Å²) < 4.78 is 0. The Morgan fingerprint density at radius 3 is 2.42 bits per heavy atom. The zero-order chi connectivity index (χ0) is 13.5. The van der Waals surface area contributed by atoms with Crippen LogP contribution in [0.2, 0.25) is 0 Å². The van der Waals surface area contributed by atoms with Crippen molar-refractivity contribution in [3.63, 3.8) is 0 Å². The lowest BCUT2D eigenvalue weighted by atomic mass is 9.67. The molecule has 0 saturated carbocycles. The Balaban J connectivity index is 2.27. The van der Waals surface area contributed by atoms with Crippen LogP contribution in [0.1, 0.15) is 39.2 Å². The number of fused-ring (bicyclic) bond motifs is 1. The quantitative estimate of drug-likeness (QED) is 0.791. The molecule has 1 aliphatic heterocycles. The molecule has 2 aromatic carbocycles. The van der Waals surface area contributed by atoms with Gasteiger partial charge in [0.15, 0.2) is 0 Å². The Labute approximate surface area is 116 Å². The molecule has 3 rings (SSSR count). The maximum atomic E-state index is 3.82. The first-order chi connectivity index (χ1) is 9.05. The van der Waals surface area contributed by atoms with Crippen LogP contribution >= 0.6 is 0 Å². The third-order valence-electron chi connectivity index (χ3n) is 4.69. The first-order valence-electron chi connectivity index (χ1n) is 7.28. The SMILES string of the molecule is CC(C)(C)C1(c2cccc3ccccc23)CCCN1. The summed E-state index contributed by atoms with van der Waals surface area (Å²) >= 11 is 0. The van der Waals surface area contributed by atoms with Crippen molar-refractivity contribution in [3.05, 3.63) is 48.0 Å². The van der Waals surface area contributed by atoms with Crippen molar-refractivity contribution in [1.82, 2.24) is 5.32 Å². The van der Waals surface area contributed by atoms with Crippen LogP contribution < -0.4 is 5.32 Å². The van der Waals surface area contributed by atoms with E-state index in [1.807, 2.05) is 0 Å². The van der Waals surface area contributed by atoms with Crippen LogP contribution in [0.3, 0.4) is 0 Å². The second-order valence-corrected chi connectivity index (χ2v) is 6.71. The van der Waals surface area contributed by atoms with Crippen molar-refractivity contribution in [2.24, 2.45) is 5.41 Å². The van der Waals surface area contributed by atoms with E-state index in [0.717, 1.165) is 6.54 Å². The van der Waals surface area contributed by atoms with Gasteiger partial charge in [0.2, 0.25) is 0 Å². The Hall–Kier alpha value is -1.34. The maximum Gasteiger partial charge on any atom is 0.0490 e. The monoisotopic (exact) mass is 253 g/mol. The van der Waals surface area contributed by atoms with Crippen molar-refractivity contribution in [2.45, 2.75) is 39.2 Å². The zero-order valence-corrected chi connectivity index (χ0v) is 12.2. The van der Waals surface area contributed by atoms with Gasteiger partial charge < -0.3 is 5.32 Å². The highest BCUT2D eigenvalue weighted by Gasteiger charge is 2.45. The highest BCUT2D eigenvalue weighted by atomic mass is 15.0. The summed E-state index contributed by atoms with van der Waals surface area (Å²) in [6, 6.07) is 15.5.